The third-order valence-corrected chi connectivity index (χ3v) is 2.68. The van der Waals surface area contributed by atoms with E-state index in [0.29, 0.717) is 11.4 Å². The summed E-state index contributed by atoms with van der Waals surface area (Å²) in [7, 11) is 1.71. The number of nitrogens with zero attached hydrogens (tertiary/aromatic N) is 2. The van der Waals surface area contributed by atoms with Crippen LogP contribution in [-0.4, -0.2) is 12.2 Å². The van der Waals surface area contributed by atoms with Gasteiger partial charge in [-0.1, -0.05) is 12.1 Å². The molecule has 0 saturated heterocycles. The minimum absolute atomic E-state index is 0.0108. The standard InChI is InChI=1S/C14H11FN2O/c1-17(10-4-2-5-11(18)8-10)14-7-3-6-13(15)12(14)9-16/h2-8,18H,1H3. The predicted octanol–water partition coefficient (Wildman–Crippen LogP) is 3.17. The summed E-state index contributed by atoms with van der Waals surface area (Å²) < 4.78 is 13.5. The van der Waals surface area contributed by atoms with Gasteiger partial charge in [-0.2, -0.15) is 5.26 Å². The van der Waals surface area contributed by atoms with Gasteiger partial charge >= 0.3 is 0 Å². The molecule has 0 unspecified atom stereocenters. The van der Waals surface area contributed by atoms with Crippen LogP contribution in [0.5, 0.6) is 5.75 Å². The summed E-state index contributed by atoms with van der Waals surface area (Å²) in [4.78, 5) is 1.65. The minimum atomic E-state index is -0.554. The highest BCUT2D eigenvalue weighted by Gasteiger charge is 2.13. The van der Waals surface area contributed by atoms with E-state index >= 15 is 0 Å². The number of nitriles is 1. The molecular weight excluding hydrogens is 231 g/mol. The summed E-state index contributed by atoms with van der Waals surface area (Å²) in [6.07, 6.45) is 0. The van der Waals surface area contributed by atoms with E-state index in [4.69, 9.17) is 5.26 Å². The van der Waals surface area contributed by atoms with E-state index in [1.807, 2.05) is 6.07 Å². The Kier molecular flexibility index (Phi) is 3.16. The molecule has 0 aromatic heterocycles. The zero-order valence-electron chi connectivity index (χ0n) is 9.76. The first kappa shape index (κ1) is 11.9. The number of anilines is 2. The molecule has 0 spiro atoms. The second-order valence-electron chi connectivity index (χ2n) is 3.82. The topological polar surface area (TPSA) is 47.3 Å². The lowest BCUT2D eigenvalue weighted by Crippen LogP contribution is -2.11. The number of hydrogen-bond donors (Lipinski definition) is 1. The predicted molar refractivity (Wildman–Crippen MR) is 67.3 cm³/mol. The molecule has 0 aliphatic rings. The van der Waals surface area contributed by atoms with Gasteiger partial charge < -0.3 is 10.0 Å². The molecule has 3 nitrogen and oxygen atoms in total. The van der Waals surface area contributed by atoms with Crippen molar-refractivity contribution in [3.05, 3.63) is 53.8 Å². The summed E-state index contributed by atoms with van der Waals surface area (Å²) in [5.41, 5.74) is 1.13. The largest absolute Gasteiger partial charge is 0.508 e. The number of benzene rings is 2. The van der Waals surface area contributed by atoms with Gasteiger partial charge in [0.25, 0.3) is 0 Å². The quantitative estimate of drug-likeness (QED) is 0.879. The lowest BCUT2D eigenvalue weighted by atomic mass is 10.1. The Hall–Kier alpha value is -2.54. The molecule has 0 saturated carbocycles. The van der Waals surface area contributed by atoms with Crippen LogP contribution in [0.4, 0.5) is 15.8 Å². The van der Waals surface area contributed by atoms with Crippen LogP contribution in [0.3, 0.4) is 0 Å². The molecule has 0 aliphatic carbocycles. The maximum atomic E-state index is 13.5. The monoisotopic (exact) mass is 242 g/mol. The number of hydrogen-bond acceptors (Lipinski definition) is 3. The Morgan fingerprint density at radius 1 is 1.22 bits per heavy atom. The van der Waals surface area contributed by atoms with E-state index in [9.17, 15) is 9.50 Å². The van der Waals surface area contributed by atoms with Crippen LogP contribution in [0.15, 0.2) is 42.5 Å². The first-order valence-electron chi connectivity index (χ1n) is 5.35. The SMILES string of the molecule is CN(c1cccc(O)c1)c1cccc(F)c1C#N. The average molecular weight is 242 g/mol. The van der Waals surface area contributed by atoms with Gasteiger partial charge in [0.1, 0.15) is 23.2 Å². The molecule has 0 bridgehead atoms. The summed E-state index contributed by atoms with van der Waals surface area (Å²) in [5.74, 6) is -0.434. The molecule has 2 rings (SSSR count). The van der Waals surface area contributed by atoms with Crippen molar-refractivity contribution in [1.29, 1.82) is 5.26 Å². The number of phenolic OH excluding ortho intramolecular Hbond substituents is 1. The Balaban J connectivity index is 2.50. The molecule has 0 amide bonds. The van der Waals surface area contributed by atoms with E-state index < -0.39 is 5.82 Å². The molecule has 0 heterocycles. The average Bonchev–Trinajstić information content (AvgIpc) is 2.37. The van der Waals surface area contributed by atoms with Crippen molar-refractivity contribution in [2.45, 2.75) is 0 Å². The van der Waals surface area contributed by atoms with E-state index in [0.717, 1.165) is 0 Å². The summed E-state index contributed by atoms with van der Waals surface area (Å²) >= 11 is 0. The molecule has 2 aromatic carbocycles. The lowest BCUT2D eigenvalue weighted by Gasteiger charge is -2.20. The van der Waals surface area contributed by atoms with Crippen molar-refractivity contribution in [2.75, 3.05) is 11.9 Å². The molecule has 0 aliphatic heterocycles. The number of halogens is 1. The lowest BCUT2D eigenvalue weighted by molar-refractivity contribution is 0.475. The highest BCUT2D eigenvalue weighted by atomic mass is 19.1. The summed E-state index contributed by atoms with van der Waals surface area (Å²) in [6, 6.07) is 12.9. The van der Waals surface area contributed by atoms with E-state index in [2.05, 4.69) is 0 Å². The van der Waals surface area contributed by atoms with Gasteiger partial charge in [-0.05, 0) is 24.3 Å². The highest BCUT2D eigenvalue weighted by Crippen LogP contribution is 2.29. The molecule has 90 valence electrons. The van der Waals surface area contributed by atoms with Crippen molar-refractivity contribution in [1.82, 2.24) is 0 Å². The number of aromatic hydroxyl groups is 1. The molecule has 0 fully saturated rings. The van der Waals surface area contributed by atoms with Gasteiger partial charge in [-0.25, -0.2) is 4.39 Å². The summed E-state index contributed by atoms with van der Waals surface area (Å²) in [6.45, 7) is 0. The molecule has 0 radical (unpaired) electrons. The van der Waals surface area contributed by atoms with Crippen LogP contribution in [0, 0.1) is 17.1 Å². The second kappa shape index (κ2) is 4.76. The smallest absolute Gasteiger partial charge is 0.143 e. The normalized spacial score (nSPS) is 9.83. The number of rotatable bonds is 2. The minimum Gasteiger partial charge on any atom is -0.508 e. The maximum absolute atomic E-state index is 13.5. The first-order chi connectivity index (χ1) is 8.63. The first-order valence-corrected chi connectivity index (χ1v) is 5.35. The summed E-state index contributed by atoms with van der Waals surface area (Å²) in [5, 5.41) is 18.4. The molecule has 2 aromatic rings. The molecular formula is C14H11FN2O. The maximum Gasteiger partial charge on any atom is 0.143 e. The van der Waals surface area contributed by atoms with Crippen molar-refractivity contribution in [2.24, 2.45) is 0 Å². The third kappa shape index (κ3) is 2.11. The highest BCUT2D eigenvalue weighted by molar-refractivity contribution is 5.69. The fraction of sp³-hybridized carbons (Fsp3) is 0.0714. The van der Waals surface area contributed by atoms with E-state index in [-0.39, 0.29) is 11.3 Å². The Morgan fingerprint density at radius 2 is 1.94 bits per heavy atom. The number of phenols is 1. The van der Waals surface area contributed by atoms with E-state index in [1.165, 1.54) is 6.07 Å². The van der Waals surface area contributed by atoms with Crippen LogP contribution in [0.2, 0.25) is 0 Å². The van der Waals surface area contributed by atoms with Crippen LogP contribution >= 0.6 is 0 Å². The van der Waals surface area contributed by atoms with Gasteiger partial charge in [0.2, 0.25) is 0 Å². The molecule has 4 heteroatoms. The van der Waals surface area contributed by atoms with Gasteiger partial charge in [0.05, 0.1) is 5.69 Å². The van der Waals surface area contributed by atoms with Crippen LogP contribution in [0.25, 0.3) is 0 Å². The third-order valence-electron chi connectivity index (χ3n) is 2.68. The zero-order chi connectivity index (χ0) is 13.1. The molecule has 1 N–H and O–H groups in total. The van der Waals surface area contributed by atoms with Crippen molar-refractivity contribution < 1.29 is 9.50 Å². The zero-order valence-corrected chi connectivity index (χ0v) is 9.76. The van der Waals surface area contributed by atoms with Gasteiger partial charge in [-0.15, -0.1) is 0 Å². The van der Waals surface area contributed by atoms with Crippen molar-refractivity contribution in [3.63, 3.8) is 0 Å². The van der Waals surface area contributed by atoms with Gasteiger partial charge in [-0.3, -0.25) is 0 Å². The van der Waals surface area contributed by atoms with Crippen LogP contribution < -0.4 is 4.90 Å². The molecule has 18 heavy (non-hydrogen) atoms. The Morgan fingerprint density at radius 3 is 2.61 bits per heavy atom. The second-order valence-corrected chi connectivity index (χ2v) is 3.82. The molecule has 0 atom stereocenters. The fourth-order valence-electron chi connectivity index (χ4n) is 1.74. The van der Waals surface area contributed by atoms with Crippen molar-refractivity contribution in [3.8, 4) is 11.8 Å². The Bertz CT molecular complexity index is 619. The van der Waals surface area contributed by atoms with Crippen LogP contribution in [0.1, 0.15) is 5.56 Å². The van der Waals surface area contributed by atoms with E-state index in [1.54, 1.807) is 48.3 Å². The Labute approximate surface area is 104 Å². The van der Waals surface area contributed by atoms with Crippen LogP contribution in [-0.2, 0) is 0 Å². The van der Waals surface area contributed by atoms with Gasteiger partial charge in [0.15, 0.2) is 0 Å². The van der Waals surface area contributed by atoms with Gasteiger partial charge in [0, 0.05) is 18.8 Å². The van der Waals surface area contributed by atoms with Crippen molar-refractivity contribution >= 4 is 11.4 Å². The fourth-order valence-corrected chi connectivity index (χ4v) is 1.74.